The molecule has 0 bridgehead atoms. The van der Waals surface area contributed by atoms with Crippen molar-refractivity contribution in [2.45, 2.75) is 319 Å². The van der Waals surface area contributed by atoms with Crippen LogP contribution >= 0.6 is 0 Å². The van der Waals surface area contributed by atoms with Crippen molar-refractivity contribution in [1.29, 1.82) is 0 Å². The molecule has 0 aromatic carbocycles. The largest absolute Gasteiger partial charge is 0.394 e. The predicted molar refractivity (Wildman–Crippen MR) is 323 cm³/mol. The zero-order chi connectivity index (χ0) is 58.1. The molecule has 1 amide bonds. The molecule has 0 spiro atoms. The third-order valence-electron chi connectivity index (χ3n) is 15.4. The lowest BCUT2D eigenvalue weighted by molar-refractivity contribution is -0.359. The van der Waals surface area contributed by atoms with Gasteiger partial charge in [0.1, 0.15) is 48.8 Å². The number of nitrogens with one attached hydrogen (secondary N) is 1. The van der Waals surface area contributed by atoms with E-state index in [1.54, 1.807) is 0 Å². The van der Waals surface area contributed by atoms with Crippen LogP contribution < -0.4 is 5.32 Å². The average Bonchev–Trinajstić information content (AvgIpc) is 3.49. The Balaban J connectivity index is 1.72. The lowest BCUT2D eigenvalue weighted by atomic mass is 9.97. The molecule has 9 N–H and O–H groups in total. The molecular formula is C66H117NO13. The Morgan fingerprint density at radius 2 is 0.863 bits per heavy atom. The van der Waals surface area contributed by atoms with Gasteiger partial charge in [-0.15, -0.1) is 0 Å². The number of aliphatic hydroxyl groups excluding tert-OH is 8. The van der Waals surface area contributed by atoms with Crippen molar-refractivity contribution < 1.29 is 64.6 Å². The first kappa shape index (κ1) is 73.5. The molecule has 0 aromatic heterocycles. The second-order valence-corrected chi connectivity index (χ2v) is 22.5. The van der Waals surface area contributed by atoms with E-state index in [4.69, 9.17) is 18.9 Å². The van der Waals surface area contributed by atoms with Crippen LogP contribution in [0.3, 0.4) is 0 Å². The van der Waals surface area contributed by atoms with Gasteiger partial charge in [-0.25, -0.2) is 0 Å². The quantitative estimate of drug-likeness (QED) is 0.0204. The molecule has 0 aromatic rings. The van der Waals surface area contributed by atoms with Crippen LogP contribution in [0.2, 0.25) is 0 Å². The number of allylic oxidation sites excluding steroid dienone is 12. The van der Waals surface area contributed by atoms with Gasteiger partial charge in [-0.3, -0.25) is 4.79 Å². The van der Waals surface area contributed by atoms with Gasteiger partial charge in [0, 0.05) is 6.42 Å². The van der Waals surface area contributed by atoms with Crippen molar-refractivity contribution in [3.8, 4) is 0 Å². The van der Waals surface area contributed by atoms with Crippen LogP contribution in [-0.2, 0) is 23.7 Å². The van der Waals surface area contributed by atoms with Gasteiger partial charge in [-0.1, -0.05) is 247 Å². The van der Waals surface area contributed by atoms with Crippen LogP contribution in [0.5, 0.6) is 0 Å². The lowest BCUT2D eigenvalue weighted by Crippen LogP contribution is -2.65. The summed E-state index contributed by atoms with van der Waals surface area (Å²) in [4.78, 5) is 13.3. The van der Waals surface area contributed by atoms with E-state index < -0.39 is 86.8 Å². The highest BCUT2D eigenvalue weighted by Crippen LogP contribution is 2.30. The van der Waals surface area contributed by atoms with Crippen molar-refractivity contribution in [2.24, 2.45) is 0 Å². The highest BCUT2D eigenvalue weighted by molar-refractivity contribution is 5.76. The standard InChI is InChI=1S/C66H117NO13/c1-3-5-7-9-11-13-15-17-19-21-23-24-25-26-27-28-29-30-32-34-36-38-40-42-44-46-48-50-58(71)67-54(55(70)49-47-45-43-41-39-37-35-33-31-22-20-18-16-14-12-10-8-6-4-2)53-77-65-63(76)61(74)64(57(52-69)79-65)80-66-62(75)60(73)59(72)56(51-68)78-66/h5,7,11,13,17,19,23-24,26-27,29-30,54-57,59-66,68-70,72-76H,3-4,6,8-10,12,14-16,18,20-22,25,28,31-53H2,1-2H3,(H,67,71)/b7-5-,13-11-,19-17-,24-23-,27-26-,30-29-. The molecule has 12 unspecified atom stereocenters. The zero-order valence-corrected chi connectivity index (χ0v) is 50.1. The SMILES string of the molecule is CC/C=C\C/C=C\C/C=C\C/C=C\C/C=C\C/C=C\CCCCCCCCCCC(=O)NC(COC1OC(CO)C(OC2OC(CO)C(O)C(O)C2O)C(O)C1O)C(O)CCCCCCCCCCCCCCCCCCCCC. The van der Waals surface area contributed by atoms with Crippen LogP contribution in [0.25, 0.3) is 0 Å². The summed E-state index contributed by atoms with van der Waals surface area (Å²) in [6.07, 6.45) is 50.3. The Morgan fingerprint density at radius 3 is 1.32 bits per heavy atom. The van der Waals surface area contributed by atoms with Gasteiger partial charge < -0.3 is 65.1 Å². The van der Waals surface area contributed by atoms with Gasteiger partial charge in [0.2, 0.25) is 5.91 Å². The highest BCUT2D eigenvalue weighted by Gasteiger charge is 2.51. The first-order valence-electron chi connectivity index (χ1n) is 32.2. The number of amides is 1. The van der Waals surface area contributed by atoms with Crippen molar-refractivity contribution >= 4 is 5.91 Å². The summed E-state index contributed by atoms with van der Waals surface area (Å²) >= 11 is 0. The zero-order valence-electron chi connectivity index (χ0n) is 50.1. The summed E-state index contributed by atoms with van der Waals surface area (Å²) in [5.41, 5.74) is 0. The second-order valence-electron chi connectivity index (χ2n) is 22.5. The van der Waals surface area contributed by atoms with Crippen LogP contribution in [0, 0.1) is 0 Å². The lowest BCUT2D eigenvalue weighted by Gasteiger charge is -2.46. The third kappa shape index (κ3) is 35.5. The van der Waals surface area contributed by atoms with Gasteiger partial charge in [0.25, 0.3) is 0 Å². The van der Waals surface area contributed by atoms with Gasteiger partial charge in [-0.05, 0) is 64.2 Å². The van der Waals surface area contributed by atoms with E-state index in [2.05, 4.69) is 92.1 Å². The minimum absolute atomic E-state index is 0.216. The van der Waals surface area contributed by atoms with E-state index >= 15 is 0 Å². The number of carbonyl (C=O) groups excluding carboxylic acids is 1. The fraction of sp³-hybridized carbons (Fsp3) is 0.803. The summed E-state index contributed by atoms with van der Waals surface area (Å²) in [6.45, 7) is 2.76. The maximum Gasteiger partial charge on any atom is 0.220 e. The van der Waals surface area contributed by atoms with Crippen molar-refractivity contribution in [3.05, 3.63) is 72.9 Å². The molecule has 14 nitrogen and oxygen atoms in total. The van der Waals surface area contributed by atoms with E-state index in [1.165, 1.54) is 122 Å². The second kappa shape index (κ2) is 50.9. The molecule has 2 aliphatic heterocycles. The molecule has 464 valence electrons. The first-order chi connectivity index (χ1) is 39.1. The minimum atomic E-state index is -1.79. The molecule has 2 heterocycles. The molecule has 2 aliphatic rings. The summed E-state index contributed by atoms with van der Waals surface area (Å²) in [5.74, 6) is -0.216. The van der Waals surface area contributed by atoms with E-state index in [-0.39, 0.29) is 12.5 Å². The van der Waals surface area contributed by atoms with Gasteiger partial charge >= 0.3 is 0 Å². The van der Waals surface area contributed by atoms with Crippen molar-refractivity contribution in [1.82, 2.24) is 5.32 Å². The fourth-order valence-corrected chi connectivity index (χ4v) is 10.3. The van der Waals surface area contributed by atoms with Crippen LogP contribution in [-0.4, -0.2) is 140 Å². The van der Waals surface area contributed by atoms with Gasteiger partial charge in [-0.2, -0.15) is 0 Å². The van der Waals surface area contributed by atoms with Crippen molar-refractivity contribution in [2.75, 3.05) is 19.8 Å². The highest BCUT2D eigenvalue weighted by atomic mass is 16.7. The number of hydrogen-bond acceptors (Lipinski definition) is 13. The Morgan fingerprint density at radius 1 is 0.463 bits per heavy atom. The van der Waals surface area contributed by atoms with Crippen LogP contribution in [0.15, 0.2) is 72.9 Å². The van der Waals surface area contributed by atoms with Crippen LogP contribution in [0.4, 0.5) is 0 Å². The molecular weight excluding hydrogens is 1010 g/mol. The Labute approximate surface area is 485 Å². The summed E-state index contributed by atoms with van der Waals surface area (Å²) in [5, 5.41) is 87.4. The summed E-state index contributed by atoms with van der Waals surface area (Å²) in [6, 6.07) is -0.838. The third-order valence-corrected chi connectivity index (χ3v) is 15.4. The van der Waals surface area contributed by atoms with E-state index in [1.807, 2.05) is 0 Å². The number of rotatable bonds is 51. The molecule has 2 fully saturated rings. The number of carbonyl (C=O) groups is 1. The Bertz CT molecular complexity index is 1620. The Hall–Kier alpha value is -2.57. The Kier molecular flexibility index (Phi) is 46.8. The molecule has 2 rings (SSSR count). The average molecular weight is 1130 g/mol. The molecule has 2 saturated heterocycles. The smallest absolute Gasteiger partial charge is 0.220 e. The monoisotopic (exact) mass is 1130 g/mol. The number of ether oxygens (including phenoxy) is 4. The maximum atomic E-state index is 13.3. The maximum absolute atomic E-state index is 13.3. The number of aliphatic hydroxyl groups is 8. The summed E-state index contributed by atoms with van der Waals surface area (Å²) < 4.78 is 22.9. The fourth-order valence-electron chi connectivity index (χ4n) is 10.3. The molecule has 0 aliphatic carbocycles. The number of unbranched alkanes of at least 4 members (excludes halogenated alkanes) is 26. The predicted octanol–water partition coefficient (Wildman–Crippen LogP) is 11.9. The van der Waals surface area contributed by atoms with Gasteiger partial charge in [0.15, 0.2) is 12.6 Å². The molecule has 80 heavy (non-hydrogen) atoms. The van der Waals surface area contributed by atoms with Crippen molar-refractivity contribution in [3.63, 3.8) is 0 Å². The first-order valence-corrected chi connectivity index (χ1v) is 32.2. The normalized spacial score (nSPS) is 24.7. The summed E-state index contributed by atoms with van der Waals surface area (Å²) in [7, 11) is 0. The van der Waals surface area contributed by atoms with Crippen LogP contribution in [0.1, 0.15) is 245 Å². The van der Waals surface area contributed by atoms with E-state index in [0.717, 1.165) is 89.9 Å². The van der Waals surface area contributed by atoms with Gasteiger partial charge in [0.05, 0.1) is 32.0 Å². The molecule has 12 atom stereocenters. The molecule has 0 radical (unpaired) electrons. The van der Waals surface area contributed by atoms with E-state index in [0.29, 0.717) is 19.3 Å². The minimum Gasteiger partial charge on any atom is -0.394 e. The van der Waals surface area contributed by atoms with E-state index in [9.17, 15) is 45.6 Å². The molecule has 0 saturated carbocycles. The number of hydrogen-bond donors (Lipinski definition) is 9. The molecule has 14 heteroatoms. The topological polar surface area (TPSA) is 228 Å².